The lowest BCUT2D eigenvalue weighted by molar-refractivity contribution is 0.455. The number of hydrogen-bond donors (Lipinski definition) is 2. The first-order valence-electron chi connectivity index (χ1n) is 5.48. The molecule has 4 heteroatoms. The Bertz CT molecular complexity index is 548. The predicted molar refractivity (Wildman–Crippen MR) is 69.5 cm³/mol. The average Bonchev–Trinajstić information content (AvgIpc) is 3.00. The summed E-state index contributed by atoms with van der Waals surface area (Å²) in [6.45, 7) is 0. The average molecular weight is 244 g/mol. The van der Waals surface area contributed by atoms with E-state index >= 15 is 0 Å². The maximum atomic E-state index is 9.80. The number of nitrogens with zero attached hydrogens (tertiary/aromatic N) is 1. The van der Waals surface area contributed by atoms with Crippen LogP contribution in [0.2, 0.25) is 0 Å². The first-order chi connectivity index (χ1) is 8.34. The third-order valence-electron chi connectivity index (χ3n) is 2.87. The molecule has 2 aromatic rings. The van der Waals surface area contributed by atoms with E-state index in [1.807, 2.05) is 29.6 Å². The van der Waals surface area contributed by atoms with Crippen LogP contribution in [-0.2, 0) is 0 Å². The maximum Gasteiger partial charge on any atom is 0.120 e. The van der Waals surface area contributed by atoms with Crippen LogP contribution in [0.25, 0.3) is 0 Å². The van der Waals surface area contributed by atoms with Gasteiger partial charge in [0, 0.05) is 12.0 Å². The summed E-state index contributed by atoms with van der Waals surface area (Å²) in [7, 11) is 0. The van der Waals surface area contributed by atoms with E-state index in [1.165, 1.54) is 4.88 Å². The molecule has 0 saturated carbocycles. The summed E-state index contributed by atoms with van der Waals surface area (Å²) in [5, 5.41) is 16.2. The number of rotatable bonds is 2. The molecule has 0 saturated heterocycles. The van der Waals surface area contributed by atoms with Crippen molar-refractivity contribution in [3.05, 3.63) is 52.2 Å². The van der Waals surface area contributed by atoms with E-state index in [0.29, 0.717) is 5.75 Å². The summed E-state index contributed by atoms with van der Waals surface area (Å²) in [6.07, 6.45) is 0.818. The molecule has 86 valence electrons. The lowest BCUT2D eigenvalue weighted by atomic mass is 10.0. The van der Waals surface area contributed by atoms with Crippen LogP contribution >= 0.6 is 11.3 Å². The van der Waals surface area contributed by atoms with Crippen LogP contribution in [-0.4, -0.2) is 10.8 Å². The molecule has 0 aliphatic carbocycles. The lowest BCUT2D eigenvalue weighted by Crippen LogP contribution is -2.09. The molecule has 3 nitrogen and oxygen atoms in total. The molecule has 2 heterocycles. The van der Waals surface area contributed by atoms with Crippen molar-refractivity contribution in [3.63, 3.8) is 0 Å². The van der Waals surface area contributed by atoms with E-state index in [2.05, 4.69) is 16.6 Å². The van der Waals surface area contributed by atoms with Gasteiger partial charge in [0.05, 0.1) is 16.6 Å². The van der Waals surface area contributed by atoms with Crippen molar-refractivity contribution < 1.29 is 5.11 Å². The molecule has 0 spiro atoms. The molecule has 0 unspecified atom stereocenters. The number of hydrogen-bond acceptors (Lipinski definition) is 4. The molecular weight excluding hydrogens is 232 g/mol. The summed E-state index contributed by atoms with van der Waals surface area (Å²) in [6, 6.07) is 11.6. The molecule has 0 amide bonds. The van der Waals surface area contributed by atoms with Gasteiger partial charge < -0.3 is 10.5 Å². The van der Waals surface area contributed by atoms with E-state index in [9.17, 15) is 5.11 Å². The van der Waals surface area contributed by atoms with Gasteiger partial charge in [0.2, 0.25) is 0 Å². The van der Waals surface area contributed by atoms with Crippen LogP contribution in [0, 0.1) is 0 Å². The van der Waals surface area contributed by atoms with Gasteiger partial charge in [-0.2, -0.15) is 5.10 Å². The molecule has 0 fully saturated rings. The quantitative estimate of drug-likeness (QED) is 0.853. The molecule has 0 bridgehead atoms. The van der Waals surface area contributed by atoms with Crippen LogP contribution in [0.3, 0.4) is 0 Å². The molecule has 17 heavy (non-hydrogen) atoms. The zero-order valence-electron chi connectivity index (χ0n) is 9.13. The van der Waals surface area contributed by atoms with Gasteiger partial charge in [-0.1, -0.05) is 24.3 Å². The maximum absolute atomic E-state index is 9.80. The van der Waals surface area contributed by atoms with E-state index in [1.54, 1.807) is 17.4 Å². The molecule has 2 N–H and O–H groups in total. The van der Waals surface area contributed by atoms with Crippen molar-refractivity contribution >= 4 is 17.0 Å². The van der Waals surface area contributed by atoms with Crippen molar-refractivity contribution in [1.82, 2.24) is 5.43 Å². The Morgan fingerprint density at radius 2 is 2.12 bits per heavy atom. The second-order valence-corrected chi connectivity index (χ2v) is 4.93. The van der Waals surface area contributed by atoms with Gasteiger partial charge >= 0.3 is 0 Å². The molecule has 1 aromatic heterocycles. The molecular formula is C13H12N2OS. The summed E-state index contributed by atoms with van der Waals surface area (Å²) in [4.78, 5) is 1.19. The van der Waals surface area contributed by atoms with E-state index < -0.39 is 0 Å². The Hall–Kier alpha value is -1.81. The van der Waals surface area contributed by atoms with Gasteiger partial charge in [0.15, 0.2) is 0 Å². The van der Waals surface area contributed by atoms with Crippen LogP contribution in [0.4, 0.5) is 0 Å². The Morgan fingerprint density at radius 1 is 1.24 bits per heavy atom. The number of nitrogens with one attached hydrogen (secondary N) is 1. The second kappa shape index (κ2) is 4.22. The highest BCUT2D eigenvalue weighted by Gasteiger charge is 2.23. The molecule has 1 aliphatic heterocycles. The Kier molecular flexibility index (Phi) is 2.57. The van der Waals surface area contributed by atoms with Crippen molar-refractivity contribution in [1.29, 1.82) is 0 Å². The lowest BCUT2D eigenvalue weighted by Gasteiger charge is -2.11. The number of hydrazone groups is 1. The zero-order valence-corrected chi connectivity index (χ0v) is 9.95. The monoisotopic (exact) mass is 244 g/mol. The van der Waals surface area contributed by atoms with Crippen LogP contribution < -0.4 is 5.43 Å². The highest BCUT2D eigenvalue weighted by molar-refractivity contribution is 7.12. The molecule has 1 aliphatic rings. The number of aromatic hydroxyl groups is 1. The Labute approximate surface area is 103 Å². The largest absolute Gasteiger partial charge is 0.508 e. The summed E-state index contributed by atoms with van der Waals surface area (Å²) in [5.74, 6) is 0.327. The smallest absolute Gasteiger partial charge is 0.120 e. The molecule has 0 radical (unpaired) electrons. The van der Waals surface area contributed by atoms with Crippen LogP contribution in [0.5, 0.6) is 5.75 Å². The van der Waals surface area contributed by atoms with Gasteiger partial charge in [-0.15, -0.1) is 11.3 Å². The Balaban J connectivity index is 1.81. The van der Waals surface area contributed by atoms with Gasteiger partial charge in [0.1, 0.15) is 5.75 Å². The standard InChI is InChI=1S/C13H12N2OS/c16-12-5-2-1-4-9(12)10-8-11(15-14-10)13-6-3-7-17-13/h1-7,10,14,16H,8H2/t10-/m0/s1. The third-order valence-corrected chi connectivity index (χ3v) is 3.79. The number of benzene rings is 1. The van der Waals surface area contributed by atoms with Gasteiger partial charge in [0.25, 0.3) is 0 Å². The van der Waals surface area contributed by atoms with Crippen LogP contribution in [0.15, 0.2) is 46.9 Å². The zero-order chi connectivity index (χ0) is 11.7. The molecule has 1 aromatic carbocycles. The Morgan fingerprint density at radius 3 is 2.88 bits per heavy atom. The second-order valence-electron chi connectivity index (χ2n) is 3.98. The fourth-order valence-electron chi connectivity index (χ4n) is 2.00. The van der Waals surface area contributed by atoms with E-state index in [4.69, 9.17) is 0 Å². The highest BCUT2D eigenvalue weighted by Crippen LogP contribution is 2.30. The predicted octanol–water partition coefficient (Wildman–Crippen LogP) is 2.89. The third kappa shape index (κ3) is 1.91. The fraction of sp³-hybridized carbons (Fsp3) is 0.154. The van der Waals surface area contributed by atoms with Crippen molar-refractivity contribution in [3.8, 4) is 5.75 Å². The van der Waals surface area contributed by atoms with Crippen molar-refractivity contribution in [2.24, 2.45) is 5.10 Å². The minimum atomic E-state index is 0.0771. The first-order valence-corrected chi connectivity index (χ1v) is 6.36. The van der Waals surface area contributed by atoms with E-state index in [-0.39, 0.29) is 6.04 Å². The normalized spacial score (nSPS) is 18.8. The minimum absolute atomic E-state index is 0.0771. The first kappa shape index (κ1) is 10.4. The SMILES string of the molecule is Oc1ccccc1[C@@H]1CC(c2cccs2)=NN1. The van der Waals surface area contributed by atoms with Crippen molar-refractivity contribution in [2.75, 3.05) is 0 Å². The molecule has 3 rings (SSSR count). The number of thiophene rings is 1. The van der Waals surface area contributed by atoms with Crippen LogP contribution in [0.1, 0.15) is 22.9 Å². The summed E-state index contributed by atoms with van der Waals surface area (Å²) >= 11 is 1.69. The van der Waals surface area contributed by atoms with Gasteiger partial charge in [-0.05, 0) is 17.5 Å². The number of para-hydroxylation sites is 1. The summed E-state index contributed by atoms with van der Waals surface area (Å²) in [5.41, 5.74) is 5.06. The van der Waals surface area contributed by atoms with Gasteiger partial charge in [-0.25, -0.2) is 0 Å². The number of phenolic OH excluding ortho intramolecular Hbond substituents is 1. The van der Waals surface area contributed by atoms with Crippen molar-refractivity contribution in [2.45, 2.75) is 12.5 Å². The molecule has 1 atom stereocenters. The highest BCUT2D eigenvalue weighted by atomic mass is 32.1. The fourth-order valence-corrected chi connectivity index (χ4v) is 2.73. The van der Waals surface area contributed by atoms with E-state index in [0.717, 1.165) is 17.7 Å². The van der Waals surface area contributed by atoms with Gasteiger partial charge in [-0.3, -0.25) is 0 Å². The number of phenols is 1. The topological polar surface area (TPSA) is 44.6 Å². The summed E-state index contributed by atoms with van der Waals surface area (Å²) < 4.78 is 0. The minimum Gasteiger partial charge on any atom is -0.508 e.